The molecule has 0 aliphatic rings. The molecule has 0 bridgehead atoms. The van der Waals surface area contributed by atoms with Crippen LogP contribution in [0.5, 0.6) is 0 Å². The van der Waals surface area contributed by atoms with Crippen molar-refractivity contribution in [1.29, 1.82) is 0 Å². The van der Waals surface area contributed by atoms with Gasteiger partial charge in [0.25, 0.3) is 0 Å². The summed E-state index contributed by atoms with van der Waals surface area (Å²) < 4.78 is 7.03. The van der Waals surface area contributed by atoms with Gasteiger partial charge in [-0.15, -0.1) is 0 Å². The molecule has 90 valence electrons. The smallest absolute Gasteiger partial charge is 0.185 e. The van der Waals surface area contributed by atoms with Gasteiger partial charge in [0, 0.05) is 13.3 Å². The van der Waals surface area contributed by atoms with Crippen LogP contribution in [-0.4, -0.2) is 34.5 Å². The molecule has 0 fully saturated rings. The zero-order valence-corrected chi connectivity index (χ0v) is 9.96. The molecule has 0 spiro atoms. The predicted octanol–water partition coefficient (Wildman–Crippen LogP) is 1.84. The van der Waals surface area contributed by atoms with Gasteiger partial charge in [0.2, 0.25) is 0 Å². The number of imidazole rings is 1. The molecule has 0 N–H and O–H groups in total. The van der Waals surface area contributed by atoms with Crippen LogP contribution >= 0.6 is 0 Å². The second-order valence-corrected chi connectivity index (χ2v) is 3.82. The molecule has 2 heterocycles. The van der Waals surface area contributed by atoms with Gasteiger partial charge < -0.3 is 9.30 Å². The van der Waals surface area contributed by atoms with Crippen molar-refractivity contribution in [3.05, 3.63) is 24.2 Å². The first-order valence-corrected chi connectivity index (χ1v) is 5.58. The number of nitrogens with zero attached hydrogens (tertiary/aromatic N) is 3. The fraction of sp³-hybridized carbons (Fsp3) is 0.417. The SMILES string of the molecule is CCC(COC)n1c(C=O)nc2cccnc21. The van der Waals surface area contributed by atoms with Crippen LogP contribution in [0.25, 0.3) is 11.2 Å². The lowest BCUT2D eigenvalue weighted by Crippen LogP contribution is -2.16. The van der Waals surface area contributed by atoms with Crippen LogP contribution in [0.2, 0.25) is 0 Å². The van der Waals surface area contributed by atoms with E-state index in [1.54, 1.807) is 13.3 Å². The number of rotatable bonds is 5. The summed E-state index contributed by atoms with van der Waals surface area (Å²) in [5.74, 6) is 0.405. The Hall–Kier alpha value is -1.75. The lowest BCUT2D eigenvalue weighted by molar-refractivity contribution is 0.110. The largest absolute Gasteiger partial charge is 0.383 e. The molecule has 0 saturated heterocycles. The third kappa shape index (κ3) is 2.06. The van der Waals surface area contributed by atoms with Crippen LogP contribution < -0.4 is 0 Å². The summed E-state index contributed by atoms with van der Waals surface area (Å²) in [7, 11) is 1.65. The van der Waals surface area contributed by atoms with Crippen LogP contribution in [0, 0.1) is 0 Å². The van der Waals surface area contributed by atoms with Gasteiger partial charge in [-0.25, -0.2) is 9.97 Å². The van der Waals surface area contributed by atoms with E-state index in [0.717, 1.165) is 23.9 Å². The summed E-state index contributed by atoms with van der Waals surface area (Å²) in [5, 5.41) is 0. The second-order valence-electron chi connectivity index (χ2n) is 3.82. The fourth-order valence-electron chi connectivity index (χ4n) is 1.96. The van der Waals surface area contributed by atoms with Gasteiger partial charge in [0.1, 0.15) is 5.52 Å². The number of carbonyl (C=O) groups excluding carboxylic acids is 1. The molecule has 1 atom stereocenters. The van der Waals surface area contributed by atoms with Crippen LogP contribution in [0.4, 0.5) is 0 Å². The summed E-state index contributed by atoms with van der Waals surface area (Å²) in [5.41, 5.74) is 1.47. The lowest BCUT2D eigenvalue weighted by Gasteiger charge is -2.17. The van der Waals surface area contributed by atoms with Gasteiger partial charge in [-0.1, -0.05) is 6.92 Å². The topological polar surface area (TPSA) is 57.0 Å². The second kappa shape index (κ2) is 5.05. The summed E-state index contributed by atoms with van der Waals surface area (Å²) in [6.45, 7) is 2.59. The number of fused-ring (bicyclic) bond motifs is 1. The zero-order chi connectivity index (χ0) is 12.3. The Balaban J connectivity index is 2.59. The van der Waals surface area contributed by atoms with E-state index >= 15 is 0 Å². The summed E-state index contributed by atoms with van der Waals surface area (Å²) >= 11 is 0. The van der Waals surface area contributed by atoms with E-state index in [-0.39, 0.29) is 6.04 Å². The molecular formula is C12H15N3O2. The molecule has 0 aliphatic heterocycles. The van der Waals surface area contributed by atoms with Crippen molar-refractivity contribution in [2.45, 2.75) is 19.4 Å². The summed E-state index contributed by atoms with van der Waals surface area (Å²) in [4.78, 5) is 19.6. The van der Waals surface area contributed by atoms with Gasteiger partial charge in [0.15, 0.2) is 17.8 Å². The highest BCUT2D eigenvalue weighted by Gasteiger charge is 2.18. The molecule has 0 saturated carbocycles. The van der Waals surface area contributed by atoms with Crippen LogP contribution in [0.15, 0.2) is 18.3 Å². The van der Waals surface area contributed by atoms with Crippen molar-refractivity contribution in [1.82, 2.24) is 14.5 Å². The average Bonchev–Trinajstić information content (AvgIpc) is 2.74. The van der Waals surface area contributed by atoms with Gasteiger partial charge in [0.05, 0.1) is 12.6 Å². The van der Waals surface area contributed by atoms with E-state index in [1.807, 2.05) is 23.6 Å². The Morgan fingerprint density at radius 1 is 1.59 bits per heavy atom. The van der Waals surface area contributed by atoms with E-state index in [0.29, 0.717) is 12.4 Å². The quantitative estimate of drug-likeness (QED) is 0.739. The molecule has 17 heavy (non-hydrogen) atoms. The number of carbonyl (C=O) groups is 1. The van der Waals surface area contributed by atoms with Crippen LogP contribution in [-0.2, 0) is 4.74 Å². The van der Waals surface area contributed by atoms with E-state index in [9.17, 15) is 4.79 Å². The first-order valence-electron chi connectivity index (χ1n) is 5.58. The third-order valence-corrected chi connectivity index (χ3v) is 2.78. The highest BCUT2D eigenvalue weighted by molar-refractivity contribution is 5.80. The minimum atomic E-state index is 0.0834. The monoisotopic (exact) mass is 233 g/mol. The van der Waals surface area contributed by atoms with Crippen molar-refractivity contribution in [2.24, 2.45) is 0 Å². The molecule has 1 unspecified atom stereocenters. The highest BCUT2D eigenvalue weighted by atomic mass is 16.5. The molecule has 2 aromatic heterocycles. The maximum atomic E-state index is 11.1. The molecular weight excluding hydrogens is 218 g/mol. The van der Waals surface area contributed by atoms with E-state index < -0.39 is 0 Å². The van der Waals surface area contributed by atoms with Crippen LogP contribution in [0.1, 0.15) is 30.0 Å². The van der Waals surface area contributed by atoms with Crippen molar-refractivity contribution in [3.8, 4) is 0 Å². The number of ether oxygens (including phenoxy) is 1. The summed E-state index contributed by atoms with van der Waals surface area (Å²) in [6, 6.07) is 3.75. The maximum absolute atomic E-state index is 11.1. The van der Waals surface area contributed by atoms with Crippen molar-refractivity contribution in [3.63, 3.8) is 0 Å². The molecule has 0 aromatic carbocycles. The Kier molecular flexibility index (Phi) is 3.49. The van der Waals surface area contributed by atoms with Crippen molar-refractivity contribution >= 4 is 17.5 Å². The van der Waals surface area contributed by atoms with Gasteiger partial charge in [-0.05, 0) is 18.6 Å². The van der Waals surface area contributed by atoms with Crippen molar-refractivity contribution < 1.29 is 9.53 Å². The predicted molar refractivity (Wildman–Crippen MR) is 64.1 cm³/mol. The molecule has 0 aliphatic carbocycles. The van der Waals surface area contributed by atoms with Gasteiger partial charge in [-0.3, -0.25) is 4.79 Å². The minimum Gasteiger partial charge on any atom is -0.383 e. The molecule has 0 amide bonds. The highest BCUT2D eigenvalue weighted by Crippen LogP contribution is 2.21. The first-order chi connectivity index (χ1) is 8.31. The lowest BCUT2D eigenvalue weighted by atomic mass is 10.2. The molecule has 2 rings (SSSR count). The first kappa shape index (κ1) is 11.7. The van der Waals surface area contributed by atoms with E-state index in [1.165, 1.54) is 0 Å². The van der Waals surface area contributed by atoms with Gasteiger partial charge >= 0.3 is 0 Å². The Morgan fingerprint density at radius 2 is 2.41 bits per heavy atom. The zero-order valence-electron chi connectivity index (χ0n) is 9.96. The Bertz CT molecular complexity index is 521. The molecule has 0 radical (unpaired) electrons. The number of hydrogen-bond acceptors (Lipinski definition) is 4. The number of pyridine rings is 1. The number of aldehydes is 1. The number of aromatic nitrogens is 3. The van der Waals surface area contributed by atoms with Gasteiger partial charge in [-0.2, -0.15) is 0 Å². The molecule has 5 heteroatoms. The maximum Gasteiger partial charge on any atom is 0.185 e. The van der Waals surface area contributed by atoms with E-state index in [4.69, 9.17) is 4.74 Å². The van der Waals surface area contributed by atoms with E-state index in [2.05, 4.69) is 9.97 Å². The number of methoxy groups -OCH3 is 1. The fourth-order valence-corrected chi connectivity index (χ4v) is 1.96. The Morgan fingerprint density at radius 3 is 3.06 bits per heavy atom. The number of hydrogen-bond donors (Lipinski definition) is 0. The Labute approximate surface area is 99.4 Å². The van der Waals surface area contributed by atoms with Crippen LogP contribution in [0.3, 0.4) is 0 Å². The molecule has 5 nitrogen and oxygen atoms in total. The summed E-state index contributed by atoms with van der Waals surface area (Å²) in [6.07, 6.45) is 3.32. The average molecular weight is 233 g/mol. The standard InChI is InChI=1S/C12H15N3O2/c1-3-9(8-17-2)15-11(7-16)14-10-5-4-6-13-12(10)15/h4-7,9H,3,8H2,1-2H3. The molecule has 2 aromatic rings. The normalized spacial score (nSPS) is 12.8. The van der Waals surface area contributed by atoms with Crippen molar-refractivity contribution in [2.75, 3.05) is 13.7 Å². The minimum absolute atomic E-state index is 0.0834. The third-order valence-electron chi connectivity index (χ3n) is 2.78.